The fourth-order valence-corrected chi connectivity index (χ4v) is 3.20. The van der Waals surface area contributed by atoms with Crippen LogP contribution in [0.25, 0.3) is 11.4 Å². The SMILES string of the molecule is Cc1ccc(CCC(=O)CCCC(=O)CCc2ccc(-c3nncnn3)cc2)cc1. The number of hydrogen-bond donors (Lipinski definition) is 0. The van der Waals surface area contributed by atoms with Crippen LogP contribution in [0, 0.1) is 6.92 Å². The van der Waals surface area contributed by atoms with Crippen LogP contribution in [0.1, 0.15) is 48.8 Å². The van der Waals surface area contributed by atoms with Crippen molar-refractivity contribution in [2.24, 2.45) is 0 Å². The number of nitrogens with zero attached hydrogens (tertiary/aromatic N) is 4. The molecule has 3 rings (SSSR count). The minimum absolute atomic E-state index is 0.199. The zero-order chi connectivity index (χ0) is 21.2. The number of rotatable bonds is 11. The lowest BCUT2D eigenvalue weighted by atomic mass is 10.0. The van der Waals surface area contributed by atoms with Gasteiger partial charge in [-0.2, -0.15) is 0 Å². The molecule has 0 amide bonds. The first-order valence-electron chi connectivity index (χ1n) is 10.3. The minimum atomic E-state index is 0.199. The van der Waals surface area contributed by atoms with Crippen molar-refractivity contribution in [3.63, 3.8) is 0 Å². The van der Waals surface area contributed by atoms with Crippen molar-refractivity contribution in [3.8, 4) is 11.4 Å². The molecule has 6 nitrogen and oxygen atoms in total. The lowest BCUT2D eigenvalue weighted by molar-refractivity contribution is -0.120. The molecule has 0 fully saturated rings. The van der Waals surface area contributed by atoms with E-state index in [0.29, 0.717) is 44.3 Å². The van der Waals surface area contributed by atoms with Gasteiger partial charge in [0.1, 0.15) is 11.6 Å². The van der Waals surface area contributed by atoms with Gasteiger partial charge >= 0.3 is 0 Å². The van der Waals surface area contributed by atoms with Gasteiger partial charge in [-0.15, -0.1) is 20.4 Å². The normalized spacial score (nSPS) is 10.7. The van der Waals surface area contributed by atoms with Crippen LogP contribution in [-0.2, 0) is 22.4 Å². The van der Waals surface area contributed by atoms with Crippen LogP contribution >= 0.6 is 0 Å². The summed E-state index contributed by atoms with van der Waals surface area (Å²) in [5.41, 5.74) is 4.33. The summed E-state index contributed by atoms with van der Waals surface area (Å²) in [6.07, 6.45) is 5.35. The van der Waals surface area contributed by atoms with Crippen molar-refractivity contribution in [3.05, 3.63) is 71.5 Å². The Kier molecular flexibility index (Phi) is 7.89. The van der Waals surface area contributed by atoms with Gasteiger partial charge in [-0.25, -0.2) is 0 Å². The standard InChI is InChI=1S/C24H26N4O2/c1-18-5-7-19(8-6-18)11-15-22(29)3-2-4-23(30)16-12-20-9-13-21(14-10-20)24-27-25-17-26-28-24/h5-10,13-14,17H,2-4,11-12,15-16H2,1H3. The number of carbonyl (C=O) groups is 2. The van der Waals surface area contributed by atoms with E-state index in [9.17, 15) is 9.59 Å². The van der Waals surface area contributed by atoms with Gasteiger partial charge in [0.2, 0.25) is 5.82 Å². The van der Waals surface area contributed by atoms with Crippen LogP contribution in [0.4, 0.5) is 0 Å². The molecule has 0 aliphatic carbocycles. The second kappa shape index (κ2) is 11.0. The Morgan fingerprint density at radius 3 is 1.73 bits per heavy atom. The van der Waals surface area contributed by atoms with Crippen molar-refractivity contribution in [2.75, 3.05) is 0 Å². The molecule has 0 aliphatic heterocycles. The smallest absolute Gasteiger partial charge is 0.203 e. The number of aryl methyl sites for hydroxylation is 3. The van der Waals surface area contributed by atoms with Gasteiger partial charge in [0.25, 0.3) is 0 Å². The fraction of sp³-hybridized carbons (Fsp3) is 0.333. The quantitative estimate of drug-likeness (QED) is 0.480. The molecule has 0 unspecified atom stereocenters. The molecule has 30 heavy (non-hydrogen) atoms. The van der Waals surface area contributed by atoms with Crippen LogP contribution < -0.4 is 0 Å². The largest absolute Gasteiger partial charge is 0.300 e. The van der Waals surface area contributed by atoms with Gasteiger partial charge in [0.05, 0.1) is 0 Å². The van der Waals surface area contributed by atoms with E-state index in [2.05, 4.69) is 51.6 Å². The van der Waals surface area contributed by atoms with E-state index in [4.69, 9.17) is 0 Å². The highest BCUT2D eigenvalue weighted by atomic mass is 16.1. The summed E-state index contributed by atoms with van der Waals surface area (Å²) in [4.78, 5) is 24.2. The number of hydrogen-bond acceptors (Lipinski definition) is 6. The highest BCUT2D eigenvalue weighted by Gasteiger charge is 2.08. The first-order valence-corrected chi connectivity index (χ1v) is 10.3. The number of carbonyl (C=O) groups excluding carboxylic acids is 2. The predicted molar refractivity (Wildman–Crippen MR) is 115 cm³/mol. The molecule has 0 saturated carbocycles. The van der Waals surface area contributed by atoms with E-state index < -0.39 is 0 Å². The van der Waals surface area contributed by atoms with Crippen LogP contribution in [-0.4, -0.2) is 32.0 Å². The monoisotopic (exact) mass is 402 g/mol. The highest BCUT2D eigenvalue weighted by Crippen LogP contribution is 2.15. The Morgan fingerprint density at radius 2 is 1.20 bits per heavy atom. The molecule has 0 radical (unpaired) electrons. The van der Waals surface area contributed by atoms with E-state index in [0.717, 1.165) is 17.5 Å². The van der Waals surface area contributed by atoms with Crippen LogP contribution in [0.3, 0.4) is 0 Å². The molecule has 154 valence electrons. The number of aromatic nitrogens is 4. The number of Topliss-reactive ketones (excluding diaryl/α,β-unsaturated/α-hetero) is 2. The third-order valence-electron chi connectivity index (χ3n) is 5.04. The Hall–Kier alpha value is -3.28. The third-order valence-corrected chi connectivity index (χ3v) is 5.04. The Bertz CT molecular complexity index is 955. The van der Waals surface area contributed by atoms with Gasteiger partial charge in [0, 0.05) is 31.2 Å². The fourth-order valence-electron chi connectivity index (χ4n) is 3.20. The summed E-state index contributed by atoms with van der Waals surface area (Å²) >= 11 is 0. The zero-order valence-electron chi connectivity index (χ0n) is 17.3. The summed E-state index contributed by atoms with van der Waals surface area (Å²) in [5, 5.41) is 15.3. The van der Waals surface area contributed by atoms with E-state index in [1.165, 1.54) is 17.5 Å². The van der Waals surface area contributed by atoms with Crippen molar-refractivity contribution >= 4 is 11.6 Å². The predicted octanol–water partition coefficient (Wildman–Crippen LogP) is 4.12. The van der Waals surface area contributed by atoms with Crippen molar-refractivity contribution < 1.29 is 9.59 Å². The molecule has 1 heterocycles. The summed E-state index contributed by atoms with van der Waals surface area (Å²) < 4.78 is 0. The highest BCUT2D eigenvalue weighted by molar-refractivity contribution is 5.81. The molecule has 0 atom stereocenters. The minimum Gasteiger partial charge on any atom is -0.300 e. The summed E-state index contributed by atoms with van der Waals surface area (Å²) in [7, 11) is 0. The van der Waals surface area contributed by atoms with Crippen molar-refractivity contribution in [1.82, 2.24) is 20.4 Å². The molecule has 0 bridgehead atoms. The Balaban J connectivity index is 1.32. The Morgan fingerprint density at radius 1 is 0.700 bits per heavy atom. The summed E-state index contributed by atoms with van der Waals surface area (Å²) in [5.74, 6) is 0.906. The third kappa shape index (κ3) is 6.95. The number of ketones is 2. The van der Waals surface area contributed by atoms with Gasteiger partial charge in [-0.3, -0.25) is 9.59 Å². The second-order valence-electron chi connectivity index (χ2n) is 7.48. The van der Waals surface area contributed by atoms with Crippen molar-refractivity contribution in [1.29, 1.82) is 0 Å². The molecular formula is C24H26N4O2. The van der Waals surface area contributed by atoms with Gasteiger partial charge < -0.3 is 0 Å². The molecule has 0 N–H and O–H groups in total. The average Bonchev–Trinajstić information content (AvgIpc) is 2.78. The molecule has 3 aromatic rings. The van der Waals surface area contributed by atoms with Gasteiger partial charge in [-0.05, 0) is 37.3 Å². The lowest BCUT2D eigenvalue weighted by Gasteiger charge is -2.04. The van der Waals surface area contributed by atoms with Crippen LogP contribution in [0.15, 0.2) is 54.9 Å². The van der Waals surface area contributed by atoms with Crippen molar-refractivity contribution in [2.45, 2.75) is 51.9 Å². The first-order chi connectivity index (χ1) is 14.6. The summed E-state index contributed by atoms with van der Waals surface area (Å²) in [6.45, 7) is 2.05. The zero-order valence-corrected chi connectivity index (χ0v) is 17.3. The molecule has 0 aliphatic rings. The van der Waals surface area contributed by atoms with Crippen LogP contribution in [0.2, 0.25) is 0 Å². The topological polar surface area (TPSA) is 85.7 Å². The Labute approximate surface area is 176 Å². The summed E-state index contributed by atoms with van der Waals surface area (Å²) in [6, 6.07) is 16.0. The van der Waals surface area contributed by atoms with E-state index >= 15 is 0 Å². The molecule has 1 aromatic heterocycles. The van der Waals surface area contributed by atoms with E-state index in [1.807, 2.05) is 24.3 Å². The maximum Gasteiger partial charge on any atom is 0.203 e. The number of benzene rings is 2. The van der Waals surface area contributed by atoms with Crippen LogP contribution in [0.5, 0.6) is 0 Å². The van der Waals surface area contributed by atoms with Gasteiger partial charge in [0.15, 0.2) is 6.33 Å². The van der Waals surface area contributed by atoms with E-state index in [1.54, 1.807) is 0 Å². The molecular weight excluding hydrogens is 376 g/mol. The maximum atomic E-state index is 12.1. The molecule has 2 aromatic carbocycles. The molecule has 6 heteroatoms. The maximum absolute atomic E-state index is 12.1. The van der Waals surface area contributed by atoms with E-state index in [-0.39, 0.29) is 11.6 Å². The van der Waals surface area contributed by atoms with Gasteiger partial charge in [-0.1, -0.05) is 54.1 Å². The molecule has 0 saturated heterocycles. The molecule has 0 spiro atoms. The first kappa shape index (κ1) is 21.4. The lowest BCUT2D eigenvalue weighted by Crippen LogP contribution is -2.04. The average molecular weight is 402 g/mol. The second-order valence-corrected chi connectivity index (χ2v) is 7.48.